The zero-order chi connectivity index (χ0) is 14.7. The molecule has 0 fully saturated rings. The van der Waals surface area contributed by atoms with Crippen LogP contribution in [0.5, 0.6) is 0 Å². The van der Waals surface area contributed by atoms with E-state index in [1.165, 1.54) is 0 Å². The second-order valence-corrected chi connectivity index (χ2v) is 6.09. The second kappa shape index (κ2) is 6.04. The van der Waals surface area contributed by atoms with Crippen molar-refractivity contribution < 1.29 is 13.4 Å². The van der Waals surface area contributed by atoms with Crippen LogP contribution in [0.4, 0.5) is 5.69 Å². The van der Waals surface area contributed by atoms with Crippen LogP contribution in [-0.2, 0) is 15.6 Å². The number of carbonyl (C=O) groups excluding carboxylic acids is 1. The summed E-state index contributed by atoms with van der Waals surface area (Å²) >= 11 is 0. The molecule has 0 aliphatic rings. The third-order valence-corrected chi connectivity index (χ3v) is 4.18. The molecule has 108 valence electrons. The van der Waals surface area contributed by atoms with Crippen LogP contribution in [-0.4, -0.2) is 26.9 Å². The number of hydrogen-bond donors (Lipinski definition) is 2. The predicted octanol–water partition coefficient (Wildman–Crippen LogP) is 1.43. The molecule has 0 radical (unpaired) electrons. The maximum atomic E-state index is 12.3. The first-order valence-corrected chi connectivity index (χ1v) is 7.58. The number of oxazole rings is 1. The number of nitrogens with two attached hydrogens (primary N) is 1. The Hall–Kier alpha value is -1.89. The van der Waals surface area contributed by atoms with E-state index in [9.17, 15) is 9.00 Å². The van der Waals surface area contributed by atoms with Crippen LogP contribution in [0.3, 0.4) is 0 Å². The molecule has 7 heteroatoms. The Morgan fingerprint density at radius 1 is 1.55 bits per heavy atom. The topological polar surface area (TPSA) is 98.2 Å². The number of amides is 1. The minimum Gasteiger partial charge on any atom is -0.430 e. The molecule has 2 atom stereocenters. The van der Waals surface area contributed by atoms with Gasteiger partial charge in [0, 0.05) is 18.3 Å². The Kier molecular flexibility index (Phi) is 4.39. The standard InChI is InChI=1S/C13H17N3O3S/c1-3-6-15-12(17)8(2)20(18)13-16-10-5-4-9(14)7-11(10)19-13/h4-5,7-8H,3,6,14H2,1-2H3,(H,15,17). The van der Waals surface area contributed by atoms with Gasteiger partial charge in [0.25, 0.3) is 5.22 Å². The number of nitrogens with zero attached hydrogens (tertiary/aromatic N) is 1. The van der Waals surface area contributed by atoms with Crippen molar-refractivity contribution in [2.75, 3.05) is 12.3 Å². The molecule has 6 nitrogen and oxygen atoms in total. The molecule has 0 aliphatic heterocycles. The van der Waals surface area contributed by atoms with Gasteiger partial charge in [-0.2, -0.15) is 0 Å². The van der Waals surface area contributed by atoms with E-state index in [-0.39, 0.29) is 11.1 Å². The van der Waals surface area contributed by atoms with E-state index in [0.29, 0.717) is 23.3 Å². The minimum absolute atomic E-state index is 0.0461. The zero-order valence-corrected chi connectivity index (χ0v) is 12.2. The molecule has 1 aromatic heterocycles. The summed E-state index contributed by atoms with van der Waals surface area (Å²) in [5, 5.41) is 2.03. The maximum absolute atomic E-state index is 12.3. The molecular weight excluding hydrogens is 278 g/mol. The fourth-order valence-corrected chi connectivity index (χ4v) is 2.59. The normalized spacial score (nSPS) is 14.1. The number of carbonyl (C=O) groups is 1. The summed E-state index contributed by atoms with van der Waals surface area (Å²) in [6, 6.07) is 5.00. The molecule has 1 aromatic carbocycles. The number of anilines is 1. The lowest BCUT2D eigenvalue weighted by Crippen LogP contribution is -2.35. The molecule has 20 heavy (non-hydrogen) atoms. The van der Waals surface area contributed by atoms with Gasteiger partial charge in [0.05, 0.1) is 0 Å². The minimum atomic E-state index is -1.63. The molecule has 2 aromatic rings. The van der Waals surface area contributed by atoms with E-state index in [1.807, 2.05) is 6.92 Å². The van der Waals surface area contributed by atoms with Gasteiger partial charge in [-0.3, -0.25) is 4.79 Å². The number of benzene rings is 1. The van der Waals surface area contributed by atoms with Crippen molar-refractivity contribution >= 4 is 33.5 Å². The van der Waals surface area contributed by atoms with Gasteiger partial charge in [-0.05, 0) is 25.5 Å². The van der Waals surface area contributed by atoms with Crippen molar-refractivity contribution in [2.45, 2.75) is 30.7 Å². The molecule has 0 bridgehead atoms. The summed E-state index contributed by atoms with van der Waals surface area (Å²) in [6.07, 6.45) is 0.827. The molecule has 1 heterocycles. The van der Waals surface area contributed by atoms with Gasteiger partial charge in [-0.15, -0.1) is 0 Å². The third-order valence-electron chi connectivity index (χ3n) is 2.80. The van der Waals surface area contributed by atoms with Crippen LogP contribution in [0, 0.1) is 0 Å². The van der Waals surface area contributed by atoms with Gasteiger partial charge in [0.2, 0.25) is 5.91 Å². The summed E-state index contributed by atoms with van der Waals surface area (Å²) in [5.74, 6) is -0.271. The van der Waals surface area contributed by atoms with Crippen LogP contribution < -0.4 is 11.1 Å². The summed E-state index contributed by atoms with van der Waals surface area (Å²) in [6.45, 7) is 4.10. The maximum Gasteiger partial charge on any atom is 0.288 e. The van der Waals surface area contributed by atoms with Gasteiger partial charge in [0.15, 0.2) is 5.58 Å². The van der Waals surface area contributed by atoms with Crippen molar-refractivity contribution in [1.29, 1.82) is 0 Å². The molecule has 2 rings (SSSR count). The Morgan fingerprint density at radius 3 is 3.00 bits per heavy atom. The average molecular weight is 295 g/mol. The van der Waals surface area contributed by atoms with Crippen LogP contribution in [0.25, 0.3) is 11.1 Å². The van der Waals surface area contributed by atoms with Gasteiger partial charge in [-0.25, -0.2) is 9.19 Å². The average Bonchev–Trinajstić information content (AvgIpc) is 2.85. The Balaban J connectivity index is 2.20. The Bertz CT molecular complexity index is 653. The van der Waals surface area contributed by atoms with Crippen LogP contribution in [0.15, 0.2) is 27.8 Å². The molecule has 0 aliphatic carbocycles. The summed E-state index contributed by atoms with van der Waals surface area (Å²) in [7, 11) is -1.63. The van der Waals surface area contributed by atoms with Gasteiger partial charge >= 0.3 is 0 Å². The van der Waals surface area contributed by atoms with Gasteiger partial charge in [0.1, 0.15) is 21.6 Å². The van der Waals surface area contributed by atoms with Crippen molar-refractivity contribution in [3.8, 4) is 0 Å². The number of hydrogen-bond acceptors (Lipinski definition) is 5. The number of fused-ring (bicyclic) bond motifs is 1. The highest BCUT2D eigenvalue weighted by Gasteiger charge is 2.25. The largest absolute Gasteiger partial charge is 0.430 e. The lowest BCUT2D eigenvalue weighted by molar-refractivity contribution is -0.120. The highest BCUT2D eigenvalue weighted by molar-refractivity contribution is 7.86. The van der Waals surface area contributed by atoms with Crippen molar-refractivity contribution in [3.05, 3.63) is 18.2 Å². The van der Waals surface area contributed by atoms with E-state index in [0.717, 1.165) is 6.42 Å². The van der Waals surface area contributed by atoms with E-state index in [4.69, 9.17) is 10.2 Å². The Morgan fingerprint density at radius 2 is 2.30 bits per heavy atom. The van der Waals surface area contributed by atoms with Crippen LogP contribution in [0.1, 0.15) is 20.3 Å². The van der Waals surface area contributed by atoms with Gasteiger partial charge < -0.3 is 15.5 Å². The van der Waals surface area contributed by atoms with Crippen molar-refractivity contribution in [1.82, 2.24) is 10.3 Å². The molecule has 1 amide bonds. The smallest absolute Gasteiger partial charge is 0.288 e. The molecule has 0 spiro atoms. The van der Waals surface area contributed by atoms with Crippen LogP contribution in [0.2, 0.25) is 0 Å². The summed E-state index contributed by atoms with van der Waals surface area (Å²) in [4.78, 5) is 15.9. The number of aromatic nitrogens is 1. The van der Waals surface area contributed by atoms with E-state index < -0.39 is 16.0 Å². The van der Waals surface area contributed by atoms with Crippen molar-refractivity contribution in [3.63, 3.8) is 0 Å². The first-order chi connectivity index (χ1) is 9.52. The predicted molar refractivity (Wildman–Crippen MR) is 77.6 cm³/mol. The number of nitrogens with one attached hydrogen (secondary N) is 1. The first kappa shape index (κ1) is 14.5. The van der Waals surface area contributed by atoms with E-state index in [2.05, 4.69) is 10.3 Å². The highest BCUT2D eigenvalue weighted by Crippen LogP contribution is 2.21. The van der Waals surface area contributed by atoms with E-state index >= 15 is 0 Å². The fraction of sp³-hybridized carbons (Fsp3) is 0.385. The molecule has 2 unspecified atom stereocenters. The second-order valence-electron chi connectivity index (χ2n) is 4.44. The molecule has 3 N–H and O–H groups in total. The molecular formula is C13H17N3O3S. The lowest BCUT2D eigenvalue weighted by Gasteiger charge is -2.08. The first-order valence-electron chi connectivity index (χ1n) is 6.37. The third kappa shape index (κ3) is 2.98. The number of nitrogen functional groups attached to an aromatic ring is 1. The summed E-state index contributed by atoms with van der Waals surface area (Å²) < 4.78 is 17.7. The van der Waals surface area contributed by atoms with Crippen LogP contribution >= 0.6 is 0 Å². The number of rotatable bonds is 5. The van der Waals surface area contributed by atoms with Crippen molar-refractivity contribution in [2.24, 2.45) is 0 Å². The Labute approximate surface area is 119 Å². The van der Waals surface area contributed by atoms with Gasteiger partial charge in [-0.1, -0.05) is 6.92 Å². The lowest BCUT2D eigenvalue weighted by atomic mass is 10.3. The zero-order valence-electron chi connectivity index (χ0n) is 11.4. The monoisotopic (exact) mass is 295 g/mol. The SMILES string of the molecule is CCCNC(=O)C(C)S(=O)c1nc2ccc(N)cc2o1. The van der Waals surface area contributed by atoms with E-state index in [1.54, 1.807) is 25.1 Å². The molecule has 0 saturated heterocycles. The molecule has 0 saturated carbocycles. The highest BCUT2D eigenvalue weighted by atomic mass is 32.2. The summed E-state index contributed by atoms with van der Waals surface area (Å²) in [5.41, 5.74) is 7.23. The quantitative estimate of drug-likeness (QED) is 0.813. The fourth-order valence-electron chi connectivity index (χ4n) is 1.65.